The Morgan fingerprint density at radius 2 is 2.05 bits per heavy atom. The number of hydrogen-bond donors (Lipinski definition) is 2. The van der Waals surface area contributed by atoms with E-state index in [0.29, 0.717) is 10.8 Å². The lowest BCUT2D eigenvalue weighted by Crippen LogP contribution is -2.26. The van der Waals surface area contributed by atoms with Crippen molar-refractivity contribution in [1.29, 1.82) is 0 Å². The van der Waals surface area contributed by atoms with Gasteiger partial charge < -0.3 is 5.73 Å². The van der Waals surface area contributed by atoms with Crippen LogP contribution in [0.2, 0.25) is 4.34 Å². The van der Waals surface area contributed by atoms with Gasteiger partial charge in [0, 0.05) is 11.4 Å². The van der Waals surface area contributed by atoms with Crippen molar-refractivity contribution in [3.05, 3.63) is 45.4 Å². The second-order valence-electron chi connectivity index (χ2n) is 4.04. The molecule has 108 valence electrons. The van der Waals surface area contributed by atoms with Crippen LogP contribution in [0.5, 0.6) is 0 Å². The molecular weight excluding hydrogens is 323 g/mol. The lowest BCUT2D eigenvalue weighted by atomic mass is 10.3. The van der Waals surface area contributed by atoms with Crippen LogP contribution in [0.4, 0.5) is 10.1 Å². The molecule has 0 aliphatic heterocycles. The summed E-state index contributed by atoms with van der Waals surface area (Å²) in [6, 6.07) is 6.82. The fraction of sp³-hybridized carbons (Fsp3) is 0.167. The van der Waals surface area contributed by atoms with Crippen LogP contribution in [0.3, 0.4) is 0 Å². The smallest absolute Gasteiger partial charge is 0.242 e. The molecule has 0 fully saturated rings. The van der Waals surface area contributed by atoms with Gasteiger partial charge in [0.2, 0.25) is 10.0 Å². The first-order valence-corrected chi connectivity index (χ1v) is 8.35. The molecule has 1 aromatic heterocycles. The Hall–Kier alpha value is -1.15. The summed E-state index contributed by atoms with van der Waals surface area (Å²) >= 11 is 7.17. The lowest BCUT2D eigenvalue weighted by molar-refractivity contribution is 0.578. The number of benzene rings is 1. The van der Waals surface area contributed by atoms with E-state index in [1.807, 2.05) is 6.07 Å². The number of thiophene rings is 1. The second-order valence-corrected chi connectivity index (χ2v) is 7.57. The molecule has 1 heterocycles. The third kappa shape index (κ3) is 3.69. The van der Waals surface area contributed by atoms with Crippen molar-refractivity contribution in [2.45, 2.75) is 11.3 Å². The molecule has 2 rings (SSSR count). The Balaban J connectivity index is 2.06. The maximum Gasteiger partial charge on any atom is 0.242 e. The number of nitrogens with one attached hydrogen (secondary N) is 1. The zero-order valence-electron chi connectivity index (χ0n) is 10.3. The van der Waals surface area contributed by atoms with E-state index in [4.69, 9.17) is 17.3 Å². The number of nitrogens with two attached hydrogens (primary N) is 1. The first kappa shape index (κ1) is 15.2. The fourth-order valence-corrected chi connectivity index (χ4v) is 3.87. The SMILES string of the molecule is Nc1ccc(F)cc1S(=O)(=O)NCCc1ccc(Cl)s1. The van der Waals surface area contributed by atoms with Gasteiger partial charge in [-0.15, -0.1) is 11.3 Å². The van der Waals surface area contributed by atoms with Crippen LogP contribution in [0, 0.1) is 5.82 Å². The quantitative estimate of drug-likeness (QED) is 0.826. The summed E-state index contributed by atoms with van der Waals surface area (Å²) in [5, 5.41) is 0. The van der Waals surface area contributed by atoms with E-state index >= 15 is 0 Å². The van der Waals surface area contributed by atoms with Gasteiger partial charge in [0.1, 0.15) is 10.7 Å². The van der Waals surface area contributed by atoms with Crippen LogP contribution in [0.15, 0.2) is 35.2 Å². The summed E-state index contributed by atoms with van der Waals surface area (Å²) in [5.74, 6) is -0.649. The third-order valence-corrected chi connectivity index (χ3v) is 5.37. The van der Waals surface area contributed by atoms with E-state index in [1.165, 1.54) is 17.4 Å². The monoisotopic (exact) mass is 334 g/mol. The van der Waals surface area contributed by atoms with Crippen LogP contribution in [-0.2, 0) is 16.4 Å². The molecule has 0 saturated carbocycles. The number of halogens is 2. The standard InChI is InChI=1S/C12H12ClFN2O2S2/c13-12-4-2-9(19-12)5-6-16-20(17,18)11-7-8(14)1-3-10(11)15/h1-4,7,16H,5-6,15H2. The van der Waals surface area contributed by atoms with E-state index < -0.39 is 15.8 Å². The lowest BCUT2D eigenvalue weighted by Gasteiger charge is -2.08. The molecule has 0 amide bonds. The summed E-state index contributed by atoms with van der Waals surface area (Å²) in [7, 11) is -3.82. The minimum atomic E-state index is -3.82. The molecule has 2 aromatic rings. The first-order valence-electron chi connectivity index (χ1n) is 5.67. The van der Waals surface area contributed by atoms with Crippen molar-refractivity contribution in [3.63, 3.8) is 0 Å². The van der Waals surface area contributed by atoms with Crippen molar-refractivity contribution >= 4 is 38.6 Å². The second kappa shape index (κ2) is 6.09. The predicted octanol–water partition coefficient (Wildman–Crippen LogP) is 2.64. The van der Waals surface area contributed by atoms with Crippen LogP contribution in [0.25, 0.3) is 0 Å². The molecule has 8 heteroatoms. The number of anilines is 1. The zero-order valence-corrected chi connectivity index (χ0v) is 12.7. The van der Waals surface area contributed by atoms with Crippen LogP contribution >= 0.6 is 22.9 Å². The number of nitrogen functional groups attached to an aromatic ring is 1. The van der Waals surface area contributed by atoms with E-state index in [9.17, 15) is 12.8 Å². The van der Waals surface area contributed by atoms with Crippen molar-refractivity contribution in [3.8, 4) is 0 Å². The Morgan fingerprint density at radius 1 is 1.30 bits per heavy atom. The molecule has 0 radical (unpaired) electrons. The molecule has 4 nitrogen and oxygen atoms in total. The van der Waals surface area contributed by atoms with E-state index in [-0.39, 0.29) is 17.1 Å². The zero-order chi connectivity index (χ0) is 14.8. The molecule has 0 aliphatic rings. The van der Waals surface area contributed by atoms with E-state index in [2.05, 4.69) is 4.72 Å². The Labute approximate surface area is 125 Å². The van der Waals surface area contributed by atoms with Gasteiger partial charge in [0.25, 0.3) is 0 Å². The molecule has 3 N–H and O–H groups in total. The highest BCUT2D eigenvalue weighted by Gasteiger charge is 2.17. The van der Waals surface area contributed by atoms with Gasteiger partial charge in [-0.05, 0) is 36.8 Å². The van der Waals surface area contributed by atoms with Gasteiger partial charge in [-0.1, -0.05) is 11.6 Å². The average Bonchev–Trinajstić information content (AvgIpc) is 2.78. The van der Waals surface area contributed by atoms with Gasteiger partial charge in [0.05, 0.1) is 10.0 Å². The number of rotatable bonds is 5. The van der Waals surface area contributed by atoms with Crippen LogP contribution in [0.1, 0.15) is 4.88 Å². The molecule has 1 aromatic carbocycles. The minimum Gasteiger partial charge on any atom is -0.398 e. The highest BCUT2D eigenvalue weighted by Crippen LogP contribution is 2.22. The van der Waals surface area contributed by atoms with Crippen molar-refractivity contribution < 1.29 is 12.8 Å². The molecule has 0 aliphatic carbocycles. The summed E-state index contributed by atoms with van der Waals surface area (Å²) in [4.78, 5) is 0.714. The van der Waals surface area contributed by atoms with Crippen molar-refractivity contribution in [1.82, 2.24) is 4.72 Å². The van der Waals surface area contributed by atoms with Gasteiger partial charge in [0.15, 0.2) is 0 Å². The molecule has 20 heavy (non-hydrogen) atoms. The molecule has 0 saturated heterocycles. The third-order valence-electron chi connectivity index (χ3n) is 2.56. The summed E-state index contributed by atoms with van der Waals surface area (Å²) < 4.78 is 40.2. The van der Waals surface area contributed by atoms with Gasteiger partial charge in [-0.25, -0.2) is 17.5 Å². The Morgan fingerprint density at radius 3 is 2.70 bits per heavy atom. The predicted molar refractivity (Wildman–Crippen MR) is 79.0 cm³/mol. The van der Waals surface area contributed by atoms with Crippen LogP contribution in [-0.4, -0.2) is 15.0 Å². The molecule has 0 bridgehead atoms. The van der Waals surface area contributed by atoms with Crippen molar-refractivity contribution in [2.24, 2.45) is 0 Å². The maximum absolute atomic E-state index is 13.1. The summed E-state index contributed by atoms with van der Waals surface area (Å²) in [6.07, 6.45) is 0.506. The first-order chi connectivity index (χ1) is 9.38. The average molecular weight is 335 g/mol. The van der Waals surface area contributed by atoms with E-state index in [0.717, 1.165) is 17.0 Å². The van der Waals surface area contributed by atoms with Gasteiger partial charge >= 0.3 is 0 Å². The summed E-state index contributed by atoms with van der Waals surface area (Å²) in [6.45, 7) is 0.190. The normalized spacial score (nSPS) is 11.7. The van der Waals surface area contributed by atoms with Gasteiger partial charge in [-0.3, -0.25) is 0 Å². The Bertz CT molecular complexity index is 716. The van der Waals surface area contributed by atoms with Gasteiger partial charge in [-0.2, -0.15) is 0 Å². The number of hydrogen-bond acceptors (Lipinski definition) is 4. The largest absolute Gasteiger partial charge is 0.398 e. The maximum atomic E-state index is 13.1. The molecule has 0 unspecified atom stereocenters. The summed E-state index contributed by atoms with van der Waals surface area (Å²) in [5.41, 5.74) is 5.57. The van der Waals surface area contributed by atoms with Crippen molar-refractivity contribution in [2.75, 3.05) is 12.3 Å². The Kier molecular flexibility index (Phi) is 4.64. The van der Waals surface area contributed by atoms with Crippen LogP contribution < -0.4 is 10.5 Å². The fourth-order valence-electron chi connectivity index (χ4n) is 1.61. The highest BCUT2D eigenvalue weighted by molar-refractivity contribution is 7.89. The molecule has 0 spiro atoms. The molecule has 0 atom stereocenters. The topological polar surface area (TPSA) is 72.2 Å². The highest BCUT2D eigenvalue weighted by atomic mass is 35.5. The number of sulfonamides is 1. The minimum absolute atomic E-state index is 0.0121. The molecular formula is C12H12ClFN2O2S2. The van der Waals surface area contributed by atoms with E-state index in [1.54, 1.807) is 6.07 Å².